The lowest BCUT2D eigenvalue weighted by atomic mass is 10.2. The first-order valence-corrected chi connectivity index (χ1v) is 9.66. The number of nitrogens with zero attached hydrogens (tertiary/aromatic N) is 2. The molecule has 0 fully saturated rings. The summed E-state index contributed by atoms with van der Waals surface area (Å²) in [5, 5.41) is 8.97. The van der Waals surface area contributed by atoms with E-state index in [4.69, 9.17) is 20.7 Å². The SMILES string of the molecule is C#CCN(CC(=O)O)Cc1ccc(OCCc2nc(-c3ccccc3)oc2C)cc1. The fourth-order valence-corrected chi connectivity index (χ4v) is 3.07. The summed E-state index contributed by atoms with van der Waals surface area (Å²) in [7, 11) is 0. The third-order valence-electron chi connectivity index (χ3n) is 4.52. The van der Waals surface area contributed by atoms with Crippen molar-refractivity contribution in [1.82, 2.24) is 9.88 Å². The number of rotatable bonds is 10. The number of terminal acetylenes is 1. The van der Waals surface area contributed by atoms with E-state index in [2.05, 4.69) is 10.9 Å². The third kappa shape index (κ3) is 5.97. The van der Waals surface area contributed by atoms with Crippen molar-refractivity contribution in [2.45, 2.75) is 19.9 Å². The van der Waals surface area contributed by atoms with Crippen LogP contribution >= 0.6 is 0 Å². The van der Waals surface area contributed by atoms with Gasteiger partial charge < -0.3 is 14.3 Å². The van der Waals surface area contributed by atoms with E-state index >= 15 is 0 Å². The fourth-order valence-electron chi connectivity index (χ4n) is 3.07. The van der Waals surface area contributed by atoms with Gasteiger partial charge in [-0.05, 0) is 36.8 Å². The van der Waals surface area contributed by atoms with Crippen molar-refractivity contribution in [1.29, 1.82) is 0 Å². The number of hydrogen-bond donors (Lipinski definition) is 1. The molecule has 6 nitrogen and oxygen atoms in total. The van der Waals surface area contributed by atoms with Crippen LogP contribution in [0.2, 0.25) is 0 Å². The molecule has 1 N–H and O–H groups in total. The molecule has 1 aromatic heterocycles. The number of carbonyl (C=O) groups is 1. The number of aliphatic carboxylic acids is 1. The van der Waals surface area contributed by atoms with Gasteiger partial charge in [-0.2, -0.15) is 0 Å². The normalized spacial score (nSPS) is 10.7. The molecule has 2 aromatic carbocycles. The van der Waals surface area contributed by atoms with Gasteiger partial charge in [-0.25, -0.2) is 4.98 Å². The number of carboxylic acids is 1. The zero-order valence-electron chi connectivity index (χ0n) is 16.9. The van der Waals surface area contributed by atoms with Gasteiger partial charge in [-0.3, -0.25) is 9.69 Å². The molecule has 3 rings (SSSR count). The molecule has 0 amide bonds. The Morgan fingerprint density at radius 3 is 2.60 bits per heavy atom. The summed E-state index contributed by atoms with van der Waals surface area (Å²) in [6.07, 6.45) is 5.95. The van der Waals surface area contributed by atoms with Gasteiger partial charge in [-0.15, -0.1) is 6.42 Å². The van der Waals surface area contributed by atoms with E-state index < -0.39 is 5.97 Å². The second-order valence-electron chi connectivity index (χ2n) is 6.87. The minimum absolute atomic E-state index is 0.0928. The highest BCUT2D eigenvalue weighted by Gasteiger charge is 2.12. The predicted molar refractivity (Wildman–Crippen MR) is 114 cm³/mol. The van der Waals surface area contributed by atoms with Crippen molar-refractivity contribution >= 4 is 5.97 Å². The van der Waals surface area contributed by atoms with E-state index in [1.165, 1.54) is 0 Å². The third-order valence-corrected chi connectivity index (χ3v) is 4.52. The first-order valence-electron chi connectivity index (χ1n) is 9.66. The number of benzene rings is 2. The van der Waals surface area contributed by atoms with Gasteiger partial charge in [-0.1, -0.05) is 36.3 Å². The monoisotopic (exact) mass is 404 g/mol. The van der Waals surface area contributed by atoms with Gasteiger partial charge in [0.2, 0.25) is 5.89 Å². The van der Waals surface area contributed by atoms with Crippen LogP contribution < -0.4 is 4.74 Å². The second kappa shape index (κ2) is 10.3. The smallest absolute Gasteiger partial charge is 0.317 e. The maximum atomic E-state index is 10.9. The van der Waals surface area contributed by atoms with E-state index in [1.54, 1.807) is 4.90 Å². The standard InChI is InChI=1S/C24H24N2O4/c1-3-14-26(17-23(27)28)16-19-9-11-21(12-10-19)29-15-13-22-18(2)30-24(25-22)20-7-5-4-6-8-20/h1,4-12H,13-17H2,2H3,(H,27,28). The predicted octanol–water partition coefficient (Wildman–Crippen LogP) is 3.79. The van der Waals surface area contributed by atoms with Crippen molar-refractivity contribution in [3.8, 4) is 29.5 Å². The molecule has 3 aromatic rings. The highest BCUT2D eigenvalue weighted by molar-refractivity contribution is 5.69. The summed E-state index contributed by atoms with van der Waals surface area (Å²) in [6, 6.07) is 17.4. The van der Waals surface area contributed by atoms with Crippen molar-refractivity contribution < 1.29 is 19.1 Å². The molecule has 0 aliphatic heterocycles. The number of oxazole rings is 1. The van der Waals surface area contributed by atoms with Crippen LogP contribution in [0.5, 0.6) is 5.75 Å². The highest BCUT2D eigenvalue weighted by atomic mass is 16.5. The van der Waals surface area contributed by atoms with Crippen molar-refractivity contribution in [3.05, 3.63) is 71.6 Å². The molecule has 30 heavy (non-hydrogen) atoms. The van der Waals surface area contributed by atoms with E-state index in [0.29, 0.717) is 25.5 Å². The summed E-state index contributed by atoms with van der Waals surface area (Å²) in [4.78, 5) is 17.2. The largest absolute Gasteiger partial charge is 0.493 e. The van der Waals surface area contributed by atoms with Crippen LogP contribution in [0.3, 0.4) is 0 Å². The Morgan fingerprint density at radius 1 is 1.20 bits per heavy atom. The summed E-state index contributed by atoms with van der Waals surface area (Å²) >= 11 is 0. The Bertz CT molecular complexity index is 1000. The number of carboxylic acid groups (broad SMARTS) is 1. The van der Waals surface area contributed by atoms with Crippen LogP contribution in [0.25, 0.3) is 11.5 Å². The number of aromatic nitrogens is 1. The molecule has 1 heterocycles. The lowest BCUT2D eigenvalue weighted by Gasteiger charge is -2.17. The van der Waals surface area contributed by atoms with Gasteiger partial charge in [0, 0.05) is 18.5 Å². The van der Waals surface area contributed by atoms with Crippen molar-refractivity contribution in [3.63, 3.8) is 0 Å². The van der Waals surface area contributed by atoms with Crippen LogP contribution in [0.15, 0.2) is 59.0 Å². The Labute approximate surface area is 176 Å². The lowest BCUT2D eigenvalue weighted by molar-refractivity contribution is -0.138. The van der Waals surface area contributed by atoms with Gasteiger partial charge >= 0.3 is 5.97 Å². The summed E-state index contributed by atoms with van der Waals surface area (Å²) < 4.78 is 11.6. The highest BCUT2D eigenvalue weighted by Crippen LogP contribution is 2.22. The molecular formula is C24H24N2O4. The van der Waals surface area contributed by atoms with Crippen LogP contribution in [0, 0.1) is 19.3 Å². The average molecular weight is 404 g/mol. The molecule has 154 valence electrons. The molecule has 0 unspecified atom stereocenters. The molecule has 0 saturated carbocycles. The van der Waals surface area contributed by atoms with Crippen LogP contribution in [0.4, 0.5) is 0 Å². The first kappa shape index (κ1) is 21.2. The summed E-state index contributed by atoms with van der Waals surface area (Å²) in [5.74, 6) is 3.74. The molecule has 0 spiro atoms. The Balaban J connectivity index is 1.53. The van der Waals surface area contributed by atoms with Gasteiger partial charge in [0.25, 0.3) is 0 Å². The van der Waals surface area contributed by atoms with E-state index in [9.17, 15) is 4.79 Å². The van der Waals surface area contributed by atoms with Gasteiger partial charge in [0.15, 0.2) is 0 Å². The molecule has 6 heteroatoms. The summed E-state index contributed by atoms with van der Waals surface area (Å²) in [6.45, 7) is 3.04. The number of ether oxygens (including phenoxy) is 1. The van der Waals surface area contributed by atoms with Crippen LogP contribution in [-0.2, 0) is 17.8 Å². The van der Waals surface area contributed by atoms with E-state index in [0.717, 1.165) is 28.3 Å². The second-order valence-corrected chi connectivity index (χ2v) is 6.87. The Morgan fingerprint density at radius 2 is 1.93 bits per heavy atom. The average Bonchev–Trinajstić information content (AvgIpc) is 3.10. The topological polar surface area (TPSA) is 75.8 Å². The van der Waals surface area contributed by atoms with Crippen molar-refractivity contribution in [2.24, 2.45) is 0 Å². The zero-order valence-corrected chi connectivity index (χ0v) is 16.9. The lowest BCUT2D eigenvalue weighted by Crippen LogP contribution is -2.29. The molecule has 0 saturated heterocycles. The minimum atomic E-state index is -0.899. The molecule has 0 bridgehead atoms. The maximum absolute atomic E-state index is 10.9. The van der Waals surface area contributed by atoms with Crippen LogP contribution in [-0.4, -0.2) is 40.7 Å². The minimum Gasteiger partial charge on any atom is -0.493 e. The number of hydrogen-bond acceptors (Lipinski definition) is 5. The maximum Gasteiger partial charge on any atom is 0.317 e. The molecule has 0 aliphatic rings. The Kier molecular flexibility index (Phi) is 7.25. The van der Waals surface area contributed by atoms with E-state index in [1.807, 2.05) is 61.5 Å². The summed E-state index contributed by atoms with van der Waals surface area (Å²) in [5.41, 5.74) is 2.80. The van der Waals surface area contributed by atoms with Gasteiger partial charge in [0.1, 0.15) is 11.5 Å². The van der Waals surface area contributed by atoms with Crippen molar-refractivity contribution in [2.75, 3.05) is 19.7 Å². The van der Waals surface area contributed by atoms with E-state index in [-0.39, 0.29) is 13.1 Å². The quantitative estimate of drug-likeness (QED) is 0.518. The zero-order chi connectivity index (χ0) is 21.3. The van der Waals surface area contributed by atoms with Gasteiger partial charge in [0.05, 0.1) is 25.4 Å². The molecular weight excluding hydrogens is 380 g/mol. The molecule has 0 atom stereocenters. The van der Waals surface area contributed by atoms with Crippen LogP contribution in [0.1, 0.15) is 17.0 Å². The number of aryl methyl sites for hydroxylation is 1. The molecule has 0 radical (unpaired) electrons. The first-order chi connectivity index (χ1) is 14.5. The fraction of sp³-hybridized carbons (Fsp3) is 0.250. The molecule has 0 aliphatic carbocycles. The Hall–Kier alpha value is -3.56.